The summed E-state index contributed by atoms with van der Waals surface area (Å²) in [5.74, 6) is 0.869. The lowest BCUT2D eigenvalue weighted by atomic mass is 9.81. The number of benzene rings is 1. The van der Waals surface area contributed by atoms with Crippen molar-refractivity contribution in [2.24, 2.45) is 11.3 Å². The van der Waals surface area contributed by atoms with Crippen LogP contribution in [0.25, 0.3) is 0 Å². The van der Waals surface area contributed by atoms with Crippen molar-refractivity contribution in [3.05, 3.63) is 18.2 Å². The second-order valence-corrected chi connectivity index (χ2v) is 9.05. The molecule has 2 amide bonds. The van der Waals surface area contributed by atoms with E-state index in [4.69, 9.17) is 9.47 Å². The van der Waals surface area contributed by atoms with Gasteiger partial charge in [-0.15, -0.1) is 0 Å². The van der Waals surface area contributed by atoms with E-state index in [0.29, 0.717) is 18.0 Å². The molecule has 0 saturated carbocycles. The molecule has 2 aliphatic heterocycles. The smallest absolute Gasteiger partial charge is 0.231 e. The first kappa shape index (κ1) is 18.5. The third-order valence-electron chi connectivity index (χ3n) is 4.60. The molecule has 1 aromatic rings. The molecule has 0 spiro atoms. The van der Waals surface area contributed by atoms with Gasteiger partial charge >= 0.3 is 0 Å². The van der Waals surface area contributed by atoms with E-state index in [-0.39, 0.29) is 41.9 Å². The largest absolute Gasteiger partial charge is 0.454 e. The number of nitrogens with zero attached hydrogens (tertiary/aromatic N) is 1. The van der Waals surface area contributed by atoms with Crippen LogP contribution < -0.4 is 19.7 Å². The van der Waals surface area contributed by atoms with Crippen LogP contribution in [-0.2, 0) is 9.59 Å². The van der Waals surface area contributed by atoms with Crippen LogP contribution in [0.3, 0.4) is 0 Å². The number of fused-ring (bicyclic) bond motifs is 1. The van der Waals surface area contributed by atoms with Crippen LogP contribution in [0.2, 0.25) is 0 Å². The molecule has 1 aromatic carbocycles. The zero-order valence-corrected chi connectivity index (χ0v) is 16.2. The summed E-state index contributed by atoms with van der Waals surface area (Å²) >= 11 is 0. The molecule has 0 aromatic heterocycles. The molecule has 0 aliphatic carbocycles. The monoisotopic (exact) mass is 360 g/mol. The van der Waals surface area contributed by atoms with E-state index in [2.05, 4.69) is 26.1 Å². The topological polar surface area (TPSA) is 67.9 Å². The van der Waals surface area contributed by atoms with E-state index < -0.39 is 0 Å². The van der Waals surface area contributed by atoms with Gasteiger partial charge in [-0.05, 0) is 37.8 Å². The molecule has 0 radical (unpaired) electrons. The second kappa shape index (κ2) is 6.49. The van der Waals surface area contributed by atoms with Crippen molar-refractivity contribution < 1.29 is 19.1 Å². The molecule has 1 fully saturated rings. The summed E-state index contributed by atoms with van der Waals surface area (Å²) in [6.07, 6.45) is 1.09. The number of hydrogen-bond acceptors (Lipinski definition) is 4. The Hall–Kier alpha value is -2.24. The maximum atomic E-state index is 12.7. The number of ether oxygens (including phenoxy) is 2. The number of carbonyl (C=O) groups excluding carboxylic acids is 2. The predicted octanol–water partition coefficient (Wildman–Crippen LogP) is 3.10. The third-order valence-corrected chi connectivity index (χ3v) is 4.60. The Labute approximate surface area is 154 Å². The highest BCUT2D eigenvalue weighted by atomic mass is 16.7. The summed E-state index contributed by atoms with van der Waals surface area (Å²) in [7, 11) is 0. The minimum absolute atomic E-state index is 0.0438. The van der Waals surface area contributed by atoms with Gasteiger partial charge < -0.3 is 19.7 Å². The Morgan fingerprint density at radius 3 is 2.58 bits per heavy atom. The van der Waals surface area contributed by atoms with Crippen molar-refractivity contribution in [1.29, 1.82) is 0 Å². The van der Waals surface area contributed by atoms with E-state index in [1.54, 1.807) is 17.0 Å². The summed E-state index contributed by atoms with van der Waals surface area (Å²) in [6, 6.07) is 5.42. The molecule has 26 heavy (non-hydrogen) atoms. The molecule has 1 atom stereocenters. The molecule has 0 unspecified atom stereocenters. The molecule has 6 nitrogen and oxygen atoms in total. The molecule has 2 aliphatic rings. The normalized spacial score (nSPS) is 19.8. The van der Waals surface area contributed by atoms with Crippen LogP contribution in [0.1, 0.15) is 47.5 Å². The van der Waals surface area contributed by atoms with Crippen LogP contribution in [0.4, 0.5) is 5.69 Å². The zero-order chi connectivity index (χ0) is 19.1. The van der Waals surface area contributed by atoms with Gasteiger partial charge in [0.15, 0.2) is 11.5 Å². The quantitative estimate of drug-likeness (QED) is 0.896. The fourth-order valence-electron chi connectivity index (χ4n) is 3.99. The molecule has 142 valence electrons. The summed E-state index contributed by atoms with van der Waals surface area (Å²) in [5.41, 5.74) is 0.536. The Morgan fingerprint density at radius 1 is 1.19 bits per heavy atom. The first-order chi connectivity index (χ1) is 12.0. The molecule has 2 heterocycles. The number of hydrogen-bond donors (Lipinski definition) is 1. The molecule has 1 N–H and O–H groups in total. The highest BCUT2D eigenvalue weighted by Crippen LogP contribution is 2.37. The Kier molecular flexibility index (Phi) is 4.63. The Bertz CT molecular complexity index is 721. The maximum absolute atomic E-state index is 12.7. The van der Waals surface area contributed by atoms with Gasteiger partial charge in [0.1, 0.15) is 0 Å². The predicted molar refractivity (Wildman–Crippen MR) is 99.3 cm³/mol. The SMILES string of the molecule is CC(C)(C)CC(C)(C)NC(=O)[C@H]1CC(=O)N(c2ccc3c(c2)OCO3)C1. The molecule has 1 saturated heterocycles. The Morgan fingerprint density at radius 2 is 1.88 bits per heavy atom. The number of amides is 2. The minimum Gasteiger partial charge on any atom is -0.454 e. The van der Waals surface area contributed by atoms with Crippen LogP contribution in [0.5, 0.6) is 11.5 Å². The van der Waals surface area contributed by atoms with E-state index in [1.807, 2.05) is 19.9 Å². The van der Waals surface area contributed by atoms with Gasteiger partial charge in [0.2, 0.25) is 18.6 Å². The molecule has 0 bridgehead atoms. The number of nitrogens with one attached hydrogen (secondary N) is 1. The number of anilines is 1. The van der Waals surface area contributed by atoms with Gasteiger partial charge in [0.25, 0.3) is 0 Å². The van der Waals surface area contributed by atoms with Gasteiger partial charge in [-0.1, -0.05) is 20.8 Å². The lowest BCUT2D eigenvalue weighted by Crippen LogP contribution is -2.48. The lowest BCUT2D eigenvalue weighted by Gasteiger charge is -2.34. The van der Waals surface area contributed by atoms with Gasteiger partial charge in [0, 0.05) is 30.3 Å². The maximum Gasteiger partial charge on any atom is 0.231 e. The first-order valence-corrected chi connectivity index (χ1v) is 9.06. The van der Waals surface area contributed by atoms with Crippen molar-refractivity contribution in [3.63, 3.8) is 0 Å². The molecular formula is C20H28N2O4. The highest BCUT2D eigenvalue weighted by molar-refractivity contribution is 6.00. The summed E-state index contributed by atoms with van der Waals surface area (Å²) in [5, 5.41) is 3.13. The van der Waals surface area contributed by atoms with Crippen LogP contribution in [0.15, 0.2) is 18.2 Å². The third kappa shape index (κ3) is 4.11. The zero-order valence-electron chi connectivity index (χ0n) is 16.2. The van der Waals surface area contributed by atoms with E-state index in [1.165, 1.54) is 0 Å². The van der Waals surface area contributed by atoms with Crippen LogP contribution >= 0.6 is 0 Å². The van der Waals surface area contributed by atoms with Crippen molar-refractivity contribution in [2.45, 2.75) is 53.0 Å². The Balaban J connectivity index is 1.66. The fraction of sp³-hybridized carbons (Fsp3) is 0.600. The van der Waals surface area contributed by atoms with Gasteiger partial charge in [-0.25, -0.2) is 0 Å². The van der Waals surface area contributed by atoms with E-state index in [9.17, 15) is 9.59 Å². The van der Waals surface area contributed by atoms with Crippen LogP contribution in [-0.4, -0.2) is 30.7 Å². The lowest BCUT2D eigenvalue weighted by molar-refractivity contribution is -0.128. The van der Waals surface area contributed by atoms with E-state index in [0.717, 1.165) is 12.1 Å². The van der Waals surface area contributed by atoms with Gasteiger partial charge in [-0.3, -0.25) is 9.59 Å². The second-order valence-electron chi connectivity index (χ2n) is 9.05. The first-order valence-electron chi connectivity index (χ1n) is 9.06. The molecule has 6 heteroatoms. The number of rotatable bonds is 4. The summed E-state index contributed by atoms with van der Waals surface area (Å²) < 4.78 is 10.7. The minimum atomic E-state index is -0.341. The molecule has 3 rings (SSSR count). The van der Waals surface area contributed by atoms with Gasteiger partial charge in [-0.2, -0.15) is 0 Å². The van der Waals surface area contributed by atoms with Crippen molar-refractivity contribution in [3.8, 4) is 11.5 Å². The highest BCUT2D eigenvalue weighted by Gasteiger charge is 2.38. The van der Waals surface area contributed by atoms with Crippen molar-refractivity contribution in [2.75, 3.05) is 18.2 Å². The standard InChI is InChI=1S/C20H28N2O4/c1-19(2,3)11-20(4,5)21-18(24)13-8-17(23)22(10-13)14-6-7-15-16(9-14)26-12-25-15/h6-7,9,13H,8,10-12H2,1-5H3,(H,21,24)/t13-/m0/s1. The average Bonchev–Trinajstić information content (AvgIpc) is 3.09. The van der Waals surface area contributed by atoms with E-state index >= 15 is 0 Å². The van der Waals surface area contributed by atoms with Crippen LogP contribution in [0, 0.1) is 11.3 Å². The fourth-order valence-corrected chi connectivity index (χ4v) is 3.99. The van der Waals surface area contributed by atoms with Crippen molar-refractivity contribution in [1.82, 2.24) is 5.32 Å². The average molecular weight is 360 g/mol. The summed E-state index contributed by atoms with van der Waals surface area (Å²) in [6.45, 7) is 11.1. The number of carbonyl (C=O) groups is 2. The van der Waals surface area contributed by atoms with Crippen molar-refractivity contribution >= 4 is 17.5 Å². The summed E-state index contributed by atoms with van der Waals surface area (Å²) in [4.78, 5) is 26.8. The van der Waals surface area contributed by atoms with Gasteiger partial charge in [0.05, 0.1) is 5.92 Å². The molecular weight excluding hydrogens is 332 g/mol.